The van der Waals surface area contributed by atoms with E-state index < -0.39 is 0 Å². The molecule has 1 unspecified atom stereocenters. The number of unbranched alkanes of at least 4 members (excludes halogenated alkanes) is 1. The van der Waals surface area contributed by atoms with E-state index in [0.717, 1.165) is 19.6 Å². The number of carbonyl (C=O) groups is 1. The summed E-state index contributed by atoms with van der Waals surface area (Å²) in [7, 11) is 5.28. The lowest BCUT2D eigenvalue weighted by Crippen LogP contribution is -2.36. The van der Waals surface area contributed by atoms with Gasteiger partial charge in [-0.25, -0.2) is 0 Å². The van der Waals surface area contributed by atoms with Gasteiger partial charge in [-0.1, -0.05) is 19.8 Å². The van der Waals surface area contributed by atoms with Gasteiger partial charge in [0.25, 0.3) is 0 Å². The molecule has 0 aliphatic rings. The molecule has 0 saturated heterocycles. The lowest BCUT2D eigenvalue weighted by Gasteiger charge is -2.18. The summed E-state index contributed by atoms with van der Waals surface area (Å²) in [5.41, 5.74) is 0. The van der Waals surface area contributed by atoms with Gasteiger partial charge in [-0.2, -0.15) is 0 Å². The van der Waals surface area contributed by atoms with Gasteiger partial charge in [0.15, 0.2) is 0 Å². The first-order chi connectivity index (χ1) is 7.61. The van der Waals surface area contributed by atoms with Gasteiger partial charge in [-0.3, -0.25) is 4.79 Å². The van der Waals surface area contributed by atoms with Crippen LogP contribution in [0.3, 0.4) is 0 Å². The van der Waals surface area contributed by atoms with Crippen LogP contribution in [0.25, 0.3) is 0 Å². The number of hydrogen-bond donors (Lipinski definition) is 1. The highest BCUT2D eigenvalue weighted by molar-refractivity contribution is 5.75. The van der Waals surface area contributed by atoms with Crippen LogP contribution in [0.4, 0.5) is 0 Å². The third-order valence-corrected chi connectivity index (χ3v) is 2.54. The molecule has 0 aromatic rings. The SMILES string of the molecule is CCCCC(COC)NCCC(=O)N(C)C. The Morgan fingerprint density at radius 3 is 2.62 bits per heavy atom. The standard InChI is InChI=1S/C12H26N2O2/c1-5-6-7-11(10-16-4)13-9-8-12(15)14(2)3/h11,13H,5-10H2,1-4H3. The average Bonchev–Trinajstić information content (AvgIpc) is 2.25. The summed E-state index contributed by atoms with van der Waals surface area (Å²) >= 11 is 0. The van der Waals surface area contributed by atoms with Gasteiger partial charge in [0.05, 0.1) is 6.61 Å². The normalized spacial score (nSPS) is 12.5. The molecule has 1 N–H and O–H groups in total. The highest BCUT2D eigenvalue weighted by Gasteiger charge is 2.08. The Kier molecular flexibility index (Phi) is 9.24. The van der Waals surface area contributed by atoms with E-state index in [9.17, 15) is 4.79 Å². The highest BCUT2D eigenvalue weighted by atomic mass is 16.5. The van der Waals surface area contributed by atoms with Gasteiger partial charge in [-0.05, 0) is 6.42 Å². The Balaban J connectivity index is 3.70. The molecule has 0 radical (unpaired) electrons. The van der Waals surface area contributed by atoms with Crippen LogP contribution in [-0.4, -0.2) is 51.2 Å². The van der Waals surface area contributed by atoms with E-state index in [0.29, 0.717) is 12.5 Å². The molecule has 4 nitrogen and oxygen atoms in total. The lowest BCUT2D eigenvalue weighted by atomic mass is 10.1. The summed E-state index contributed by atoms with van der Waals surface area (Å²) in [5.74, 6) is 0.166. The van der Waals surface area contributed by atoms with Crippen LogP contribution in [0.15, 0.2) is 0 Å². The van der Waals surface area contributed by atoms with E-state index in [1.54, 1.807) is 26.1 Å². The zero-order valence-corrected chi connectivity index (χ0v) is 11.1. The number of carbonyl (C=O) groups excluding carboxylic acids is 1. The highest BCUT2D eigenvalue weighted by Crippen LogP contribution is 2.01. The van der Waals surface area contributed by atoms with Crippen molar-refractivity contribution in [3.05, 3.63) is 0 Å². The minimum atomic E-state index is 0.166. The molecule has 0 fully saturated rings. The number of nitrogens with one attached hydrogen (secondary N) is 1. The summed E-state index contributed by atoms with van der Waals surface area (Å²) in [6.45, 7) is 3.63. The largest absolute Gasteiger partial charge is 0.383 e. The van der Waals surface area contributed by atoms with E-state index in [-0.39, 0.29) is 5.91 Å². The van der Waals surface area contributed by atoms with Gasteiger partial charge < -0.3 is 15.0 Å². The van der Waals surface area contributed by atoms with Gasteiger partial charge in [-0.15, -0.1) is 0 Å². The molecule has 0 aliphatic heterocycles. The Morgan fingerprint density at radius 1 is 1.44 bits per heavy atom. The minimum absolute atomic E-state index is 0.166. The number of ether oxygens (including phenoxy) is 1. The smallest absolute Gasteiger partial charge is 0.223 e. The fourth-order valence-corrected chi connectivity index (χ4v) is 1.50. The number of rotatable bonds is 9. The van der Waals surface area contributed by atoms with Gasteiger partial charge in [0.2, 0.25) is 5.91 Å². The maximum atomic E-state index is 11.4. The van der Waals surface area contributed by atoms with E-state index >= 15 is 0 Å². The van der Waals surface area contributed by atoms with Crippen molar-refractivity contribution >= 4 is 5.91 Å². The van der Waals surface area contributed by atoms with Crippen molar-refractivity contribution < 1.29 is 9.53 Å². The molecule has 1 atom stereocenters. The molecule has 4 heteroatoms. The topological polar surface area (TPSA) is 41.6 Å². The molecule has 96 valence electrons. The lowest BCUT2D eigenvalue weighted by molar-refractivity contribution is -0.128. The van der Waals surface area contributed by atoms with Crippen LogP contribution in [0.5, 0.6) is 0 Å². The molecule has 0 heterocycles. The van der Waals surface area contributed by atoms with Crippen molar-refractivity contribution in [2.24, 2.45) is 0 Å². The van der Waals surface area contributed by atoms with Crippen LogP contribution in [-0.2, 0) is 9.53 Å². The Bertz CT molecular complexity index is 184. The monoisotopic (exact) mass is 230 g/mol. The quantitative estimate of drug-likeness (QED) is 0.648. The zero-order chi connectivity index (χ0) is 12.4. The summed E-state index contributed by atoms with van der Waals surface area (Å²) in [6, 6.07) is 0.375. The number of nitrogens with zero attached hydrogens (tertiary/aromatic N) is 1. The molecule has 16 heavy (non-hydrogen) atoms. The van der Waals surface area contributed by atoms with Gasteiger partial charge in [0, 0.05) is 40.2 Å². The second-order valence-corrected chi connectivity index (χ2v) is 4.29. The molecular weight excluding hydrogens is 204 g/mol. The number of methoxy groups -OCH3 is 1. The fourth-order valence-electron chi connectivity index (χ4n) is 1.50. The minimum Gasteiger partial charge on any atom is -0.383 e. The second kappa shape index (κ2) is 9.60. The van der Waals surface area contributed by atoms with Crippen molar-refractivity contribution in [1.82, 2.24) is 10.2 Å². The van der Waals surface area contributed by atoms with Crippen LogP contribution in [0.1, 0.15) is 32.6 Å². The number of hydrogen-bond acceptors (Lipinski definition) is 3. The van der Waals surface area contributed by atoms with Crippen LogP contribution >= 0.6 is 0 Å². The number of amides is 1. The second-order valence-electron chi connectivity index (χ2n) is 4.29. The maximum Gasteiger partial charge on any atom is 0.223 e. The molecule has 0 aromatic heterocycles. The summed E-state index contributed by atoms with van der Waals surface area (Å²) in [5, 5.41) is 3.37. The van der Waals surface area contributed by atoms with E-state index in [1.165, 1.54) is 12.8 Å². The average molecular weight is 230 g/mol. The van der Waals surface area contributed by atoms with Crippen LogP contribution in [0.2, 0.25) is 0 Å². The summed E-state index contributed by atoms with van der Waals surface area (Å²) in [6.07, 6.45) is 4.06. The Labute approximate surface area is 99.3 Å². The fraction of sp³-hybridized carbons (Fsp3) is 0.917. The predicted molar refractivity (Wildman–Crippen MR) is 66.5 cm³/mol. The van der Waals surface area contributed by atoms with E-state index in [2.05, 4.69) is 12.2 Å². The molecular formula is C12H26N2O2. The van der Waals surface area contributed by atoms with E-state index in [1.807, 2.05) is 0 Å². The summed E-state index contributed by atoms with van der Waals surface area (Å²) in [4.78, 5) is 13.0. The molecule has 0 rings (SSSR count). The van der Waals surface area contributed by atoms with Gasteiger partial charge in [0.1, 0.15) is 0 Å². The molecule has 0 aromatic carbocycles. The van der Waals surface area contributed by atoms with Crippen molar-refractivity contribution in [3.63, 3.8) is 0 Å². The molecule has 0 aliphatic carbocycles. The first-order valence-corrected chi connectivity index (χ1v) is 6.04. The maximum absolute atomic E-state index is 11.4. The van der Waals surface area contributed by atoms with Crippen molar-refractivity contribution in [1.29, 1.82) is 0 Å². The van der Waals surface area contributed by atoms with Crippen LogP contribution in [0, 0.1) is 0 Å². The first-order valence-electron chi connectivity index (χ1n) is 6.04. The van der Waals surface area contributed by atoms with Gasteiger partial charge >= 0.3 is 0 Å². The Morgan fingerprint density at radius 2 is 2.12 bits per heavy atom. The van der Waals surface area contributed by atoms with Crippen molar-refractivity contribution in [3.8, 4) is 0 Å². The Hall–Kier alpha value is -0.610. The summed E-state index contributed by atoms with van der Waals surface area (Å²) < 4.78 is 5.15. The van der Waals surface area contributed by atoms with Crippen LogP contribution < -0.4 is 5.32 Å². The molecule has 0 saturated carbocycles. The zero-order valence-electron chi connectivity index (χ0n) is 11.1. The third-order valence-electron chi connectivity index (χ3n) is 2.54. The third kappa shape index (κ3) is 7.65. The molecule has 1 amide bonds. The van der Waals surface area contributed by atoms with Crippen molar-refractivity contribution in [2.75, 3.05) is 34.4 Å². The predicted octanol–water partition coefficient (Wildman–Crippen LogP) is 1.26. The van der Waals surface area contributed by atoms with Crippen molar-refractivity contribution in [2.45, 2.75) is 38.6 Å². The molecule has 0 bridgehead atoms. The first kappa shape index (κ1) is 15.4. The molecule has 0 spiro atoms. The van der Waals surface area contributed by atoms with E-state index in [4.69, 9.17) is 4.74 Å².